The first-order valence-electron chi connectivity index (χ1n) is 9.70. The summed E-state index contributed by atoms with van der Waals surface area (Å²) in [7, 11) is 0. The molecule has 4 nitrogen and oxygen atoms in total. The summed E-state index contributed by atoms with van der Waals surface area (Å²) in [5.41, 5.74) is 14.2. The van der Waals surface area contributed by atoms with Gasteiger partial charge in [0, 0.05) is 22.5 Å². The van der Waals surface area contributed by atoms with Gasteiger partial charge in [0.1, 0.15) is 0 Å². The van der Waals surface area contributed by atoms with Crippen molar-refractivity contribution in [3.63, 3.8) is 0 Å². The van der Waals surface area contributed by atoms with Crippen molar-refractivity contribution >= 4 is 17.6 Å². The third-order valence-electron chi connectivity index (χ3n) is 5.25. The molecular weight excluding hydrogens is 352 g/mol. The van der Waals surface area contributed by atoms with Gasteiger partial charge in [0.2, 0.25) is 0 Å². The van der Waals surface area contributed by atoms with Gasteiger partial charge in [-0.15, -0.1) is 0 Å². The van der Waals surface area contributed by atoms with Gasteiger partial charge >= 0.3 is 0 Å². The maximum atomic E-state index is 5.71. The van der Waals surface area contributed by atoms with Crippen molar-refractivity contribution in [3.05, 3.63) is 64.7 Å². The molecule has 1 aromatic carbocycles. The van der Waals surface area contributed by atoms with Gasteiger partial charge in [-0.05, 0) is 90.8 Å². The summed E-state index contributed by atoms with van der Waals surface area (Å²) in [4.78, 5) is 5.26. The number of rotatable bonds is 4. The van der Waals surface area contributed by atoms with Crippen LogP contribution in [0.1, 0.15) is 60.6 Å². The highest BCUT2D eigenvalue weighted by molar-refractivity contribution is 7.97. The van der Waals surface area contributed by atoms with Gasteiger partial charge in [-0.25, -0.2) is 0 Å². The van der Waals surface area contributed by atoms with Crippen LogP contribution in [-0.2, 0) is 25.7 Å². The maximum Gasteiger partial charge on any atom is 0.0930 e. The number of hydrogen-bond donors (Lipinski definition) is 3. The molecule has 0 fully saturated rings. The molecule has 144 valence electrons. The molecular formula is C22H30N4S. The van der Waals surface area contributed by atoms with E-state index in [0.29, 0.717) is 11.7 Å². The van der Waals surface area contributed by atoms with Crippen molar-refractivity contribution in [1.82, 2.24) is 4.98 Å². The third kappa shape index (κ3) is 4.66. The summed E-state index contributed by atoms with van der Waals surface area (Å²) in [5.74, 6) is 1.06. The zero-order valence-corrected chi connectivity index (χ0v) is 17.2. The van der Waals surface area contributed by atoms with Crippen LogP contribution in [0.15, 0.2) is 41.7 Å². The van der Waals surface area contributed by atoms with E-state index in [1.807, 2.05) is 12.1 Å². The summed E-state index contributed by atoms with van der Waals surface area (Å²) in [6, 6.07) is 6.43. The van der Waals surface area contributed by atoms with Crippen LogP contribution in [0.25, 0.3) is 0 Å². The number of hydrogen-bond acceptors (Lipinski definition) is 5. The lowest BCUT2D eigenvalue weighted by Gasteiger charge is -2.16. The molecule has 0 unspecified atom stereocenters. The molecule has 2 aliphatic rings. The highest BCUT2D eigenvalue weighted by atomic mass is 32.2. The predicted molar refractivity (Wildman–Crippen MR) is 116 cm³/mol. The molecule has 5 heteroatoms. The lowest BCUT2D eigenvalue weighted by atomic mass is 9.99. The zero-order valence-electron chi connectivity index (χ0n) is 16.3. The number of anilines is 1. The summed E-state index contributed by atoms with van der Waals surface area (Å²) < 4.78 is 0. The second kappa shape index (κ2) is 8.81. The number of nitrogens with zero attached hydrogens (tertiary/aromatic N) is 1. The van der Waals surface area contributed by atoms with Crippen LogP contribution in [0.3, 0.4) is 0 Å². The molecule has 0 aliphatic heterocycles. The molecule has 0 radical (unpaired) electrons. The van der Waals surface area contributed by atoms with E-state index in [9.17, 15) is 0 Å². The average molecular weight is 383 g/mol. The number of pyridine rings is 1. The smallest absolute Gasteiger partial charge is 0.0930 e. The maximum absolute atomic E-state index is 5.71. The van der Waals surface area contributed by atoms with E-state index in [1.165, 1.54) is 78.4 Å². The van der Waals surface area contributed by atoms with E-state index in [0.717, 1.165) is 10.6 Å². The molecule has 1 heterocycles. The van der Waals surface area contributed by atoms with Gasteiger partial charge in [-0.1, -0.05) is 26.5 Å². The Balaban J connectivity index is 0.000000168. The van der Waals surface area contributed by atoms with Gasteiger partial charge in [-0.3, -0.25) is 10.1 Å². The standard InChI is InChI=1S/C14H18N2.C8H12N2S/c1-9(15)16-14-12-6-2-4-10(12)8-11-5-3-7-13(11)14;1-6(2)8-4-3-7(11-9)5-10-8/h8,16H,1-7,15H2;3-6H,9H2,1-2H3. The Morgan fingerprint density at radius 3 is 2.19 bits per heavy atom. The lowest BCUT2D eigenvalue weighted by molar-refractivity contribution is 0.818. The molecule has 0 atom stereocenters. The van der Waals surface area contributed by atoms with Crippen molar-refractivity contribution in [3.8, 4) is 0 Å². The molecule has 0 bridgehead atoms. The van der Waals surface area contributed by atoms with Gasteiger partial charge < -0.3 is 11.1 Å². The Kier molecular flexibility index (Phi) is 6.45. The molecule has 0 spiro atoms. The van der Waals surface area contributed by atoms with Gasteiger partial charge in [-0.2, -0.15) is 0 Å². The number of nitrogens with one attached hydrogen (secondary N) is 1. The monoisotopic (exact) mass is 382 g/mol. The van der Waals surface area contributed by atoms with Crippen molar-refractivity contribution < 1.29 is 0 Å². The Morgan fingerprint density at radius 1 is 1.11 bits per heavy atom. The SMILES string of the molecule is C=C(N)Nc1c2c(cc3c1CCC3)CCC2.CC(C)c1ccc(SN)cn1. The van der Waals surface area contributed by atoms with E-state index < -0.39 is 0 Å². The first kappa shape index (κ1) is 19.8. The predicted octanol–water partition coefficient (Wildman–Crippen LogP) is 4.68. The molecule has 5 N–H and O–H groups in total. The van der Waals surface area contributed by atoms with Crippen molar-refractivity contribution in [2.75, 3.05) is 5.32 Å². The first-order valence-corrected chi connectivity index (χ1v) is 10.6. The fourth-order valence-corrected chi connectivity index (χ4v) is 4.19. The second-order valence-corrected chi connectivity index (χ2v) is 8.28. The summed E-state index contributed by atoms with van der Waals surface area (Å²) >= 11 is 1.23. The fourth-order valence-electron chi connectivity index (χ4n) is 3.93. The van der Waals surface area contributed by atoms with Crippen LogP contribution in [0.5, 0.6) is 0 Å². The number of benzene rings is 1. The van der Waals surface area contributed by atoms with Crippen LogP contribution in [0.2, 0.25) is 0 Å². The number of aryl methyl sites for hydroxylation is 2. The van der Waals surface area contributed by atoms with E-state index in [1.54, 1.807) is 6.20 Å². The Labute approximate surface area is 167 Å². The second-order valence-electron chi connectivity index (χ2n) is 7.58. The Morgan fingerprint density at radius 2 is 1.74 bits per heavy atom. The lowest BCUT2D eigenvalue weighted by Crippen LogP contribution is -2.11. The molecule has 4 rings (SSSR count). The van der Waals surface area contributed by atoms with Crippen LogP contribution in [0, 0.1) is 0 Å². The number of fused-ring (bicyclic) bond motifs is 2. The Hall–Kier alpha value is -1.98. The summed E-state index contributed by atoms with van der Waals surface area (Å²) in [5, 5.41) is 8.64. The molecule has 27 heavy (non-hydrogen) atoms. The van der Waals surface area contributed by atoms with E-state index in [2.05, 4.69) is 36.8 Å². The molecule has 0 amide bonds. The zero-order chi connectivity index (χ0) is 19.4. The van der Waals surface area contributed by atoms with E-state index in [-0.39, 0.29) is 0 Å². The van der Waals surface area contributed by atoms with Crippen molar-refractivity contribution in [1.29, 1.82) is 0 Å². The van der Waals surface area contributed by atoms with Crippen molar-refractivity contribution in [2.24, 2.45) is 10.9 Å². The first-order chi connectivity index (χ1) is 13.0. The normalized spacial score (nSPS) is 14.4. The number of nitrogens with two attached hydrogens (primary N) is 2. The molecule has 0 saturated carbocycles. The van der Waals surface area contributed by atoms with Crippen LogP contribution >= 0.6 is 11.9 Å². The quantitative estimate of drug-likeness (QED) is 0.670. The number of aromatic nitrogens is 1. The van der Waals surface area contributed by atoms with Gasteiger partial charge in [0.15, 0.2) is 0 Å². The van der Waals surface area contributed by atoms with Crippen molar-refractivity contribution in [2.45, 2.75) is 63.2 Å². The summed E-state index contributed by atoms with van der Waals surface area (Å²) in [6.07, 6.45) is 9.22. The van der Waals surface area contributed by atoms with Crippen LogP contribution in [0.4, 0.5) is 5.69 Å². The van der Waals surface area contributed by atoms with E-state index in [4.69, 9.17) is 10.9 Å². The van der Waals surface area contributed by atoms with E-state index >= 15 is 0 Å². The molecule has 1 aromatic heterocycles. The minimum absolute atomic E-state index is 0.492. The third-order valence-corrected chi connectivity index (χ3v) is 5.76. The Bertz CT molecular complexity index is 780. The largest absolute Gasteiger partial charge is 0.386 e. The molecule has 0 saturated heterocycles. The minimum atomic E-state index is 0.492. The highest BCUT2D eigenvalue weighted by Gasteiger charge is 2.23. The average Bonchev–Trinajstić information content (AvgIpc) is 3.31. The fraction of sp³-hybridized carbons (Fsp3) is 0.409. The van der Waals surface area contributed by atoms with Crippen LogP contribution in [-0.4, -0.2) is 4.98 Å². The summed E-state index contributed by atoms with van der Waals surface area (Å²) in [6.45, 7) is 8.01. The van der Waals surface area contributed by atoms with Crippen LogP contribution < -0.4 is 16.2 Å². The molecule has 2 aliphatic carbocycles. The van der Waals surface area contributed by atoms with Gasteiger partial charge in [0.05, 0.1) is 5.82 Å². The van der Waals surface area contributed by atoms with Gasteiger partial charge in [0.25, 0.3) is 0 Å². The minimum Gasteiger partial charge on any atom is -0.386 e. The molecule has 2 aromatic rings. The topological polar surface area (TPSA) is 77.0 Å². The highest BCUT2D eigenvalue weighted by Crippen LogP contribution is 2.38.